The number of nitrogens with zero attached hydrogens (tertiary/aromatic N) is 1. The largest absolute Gasteiger partial charge is 0.312 e. The zero-order valence-corrected chi connectivity index (χ0v) is 9.81. The summed E-state index contributed by atoms with van der Waals surface area (Å²) in [7, 11) is 0. The molecular weight excluding hydrogens is 220 g/mol. The first kappa shape index (κ1) is 9.54. The Bertz CT molecular complexity index is 755. The van der Waals surface area contributed by atoms with Gasteiger partial charge in [-0.1, -0.05) is 12.1 Å². The number of aryl methyl sites for hydroxylation is 2. The van der Waals surface area contributed by atoms with Crippen LogP contribution in [-0.2, 0) is 0 Å². The molecule has 2 heterocycles. The number of rotatable bonds is 0. The maximum absolute atomic E-state index is 11.7. The first-order valence-electron chi connectivity index (χ1n) is 5.04. The van der Waals surface area contributed by atoms with Gasteiger partial charge in [-0.05, 0) is 25.0 Å². The van der Waals surface area contributed by atoms with E-state index < -0.39 is 0 Å². The number of hydrogen-bond donors (Lipinski definition) is 1. The zero-order chi connectivity index (χ0) is 11.3. The van der Waals surface area contributed by atoms with Crippen LogP contribution in [0.5, 0.6) is 0 Å². The molecule has 3 nitrogen and oxygen atoms in total. The first-order valence-corrected chi connectivity index (χ1v) is 5.86. The summed E-state index contributed by atoms with van der Waals surface area (Å²) in [5, 5.41) is 1.08. The average Bonchev–Trinajstić information content (AvgIpc) is 2.65. The summed E-state index contributed by atoms with van der Waals surface area (Å²) in [5.74, 6) is 0. The van der Waals surface area contributed by atoms with E-state index in [2.05, 4.69) is 29.9 Å². The van der Waals surface area contributed by atoms with Crippen molar-refractivity contribution in [1.29, 1.82) is 0 Å². The van der Waals surface area contributed by atoms with Gasteiger partial charge in [-0.25, -0.2) is 4.98 Å². The van der Waals surface area contributed by atoms with Gasteiger partial charge < -0.3 is 4.98 Å². The number of H-pyrrole nitrogens is 1. The van der Waals surface area contributed by atoms with E-state index in [0.29, 0.717) is 4.70 Å². The van der Waals surface area contributed by atoms with Crippen molar-refractivity contribution >= 4 is 31.6 Å². The van der Waals surface area contributed by atoms with Gasteiger partial charge in [0.1, 0.15) is 4.70 Å². The molecule has 2 aromatic heterocycles. The molecule has 16 heavy (non-hydrogen) atoms. The van der Waals surface area contributed by atoms with Gasteiger partial charge in [0.15, 0.2) is 0 Å². The van der Waals surface area contributed by atoms with Gasteiger partial charge in [-0.2, -0.15) is 0 Å². The molecule has 1 aromatic carbocycles. The van der Waals surface area contributed by atoms with Crippen molar-refractivity contribution < 1.29 is 0 Å². The van der Waals surface area contributed by atoms with E-state index in [9.17, 15) is 4.79 Å². The minimum atomic E-state index is -0.0525. The molecule has 0 saturated carbocycles. The maximum atomic E-state index is 11.7. The van der Waals surface area contributed by atoms with Crippen LogP contribution in [0.15, 0.2) is 23.3 Å². The highest BCUT2D eigenvalue weighted by atomic mass is 32.1. The van der Waals surface area contributed by atoms with Crippen LogP contribution < -0.4 is 5.56 Å². The van der Waals surface area contributed by atoms with E-state index in [-0.39, 0.29) is 5.56 Å². The lowest BCUT2D eigenvalue weighted by Gasteiger charge is -1.99. The third kappa shape index (κ3) is 1.13. The standard InChI is InChI=1S/C12H10N2OS/c1-6-3-4-8-9-11(12(15)14-5-13-9)16-10(8)7(6)2/h3-5H,1-2H3,(H,13,14,15). The van der Waals surface area contributed by atoms with Crippen molar-refractivity contribution in [3.8, 4) is 0 Å². The van der Waals surface area contributed by atoms with Crippen molar-refractivity contribution in [3.05, 3.63) is 39.9 Å². The van der Waals surface area contributed by atoms with E-state index >= 15 is 0 Å². The van der Waals surface area contributed by atoms with Crippen molar-refractivity contribution in [3.63, 3.8) is 0 Å². The molecule has 1 N–H and O–H groups in total. The molecule has 0 fully saturated rings. The van der Waals surface area contributed by atoms with Crippen molar-refractivity contribution in [2.45, 2.75) is 13.8 Å². The van der Waals surface area contributed by atoms with Gasteiger partial charge in [-0.15, -0.1) is 11.3 Å². The lowest BCUT2D eigenvalue weighted by molar-refractivity contribution is 1.18. The summed E-state index contributed by atoms with van der Waals surface area (Å²) >= 11 is 1.52. The van der Waals surface area contributed by atoms with Gasteiger partial charge in [0, 0.05) is 10.1 Å². The molecule has 0 unspecified atom stereocenters. The Kier molecular flexibility index (Phi) is 1.88. The summed E-state index contributed by atoms with van der Waals surface area (Å²) in [6, 6.07) is 4.12. The lowest BCUT2D eigenvalue weighted by atomic mass is 10.1. The summed E-state index contributed by atoms with van der Waals surface area (Å²) in [4.78, 5) is 18.5. The second-order valence-corrected chi connectivity index (χ2v) is 4.92. The Morgan fingerprint density at radius 1 is 1.25 bits per heavy atom. The van der Waals surface area contributed by atoms with E-state index in [0.717, 1.165) is 10.9 Å². The summed E-state index contributed by atoms with van der Waals surface area (Å²) in [6.45, 7) is 4.16. The number of thiophene rings is 1. The Morgan fingerprint density at radius 2 is 2.06 bits per heavy atom. The molecule has 0 bridgehead atoms. The van der Waals surface area contributed by atoms with Crippen LogP contribution in [0.2, 0.25) is 0 Å². The molecular formula is C12H10N2OS. The fourth-order valence-corrected chi connectivity index (χ4v) is 3.09. The highest BCUT2D eigenvalue weighted by Gasteiger charge is 2.11. The Hall–Kier alpha value is -1.68. The van der Waals surface area contributed by atoms with E-state index in [1.807, 2.05) is 6.07 Å². The SMILES string of the molecule is Cc1ccc2c(sc3c(=O)[nH]cnc32)c1C. The molecule has 0 saturated heterocycles. The topological polar surface area (TPSA) is 45.8 Å². The molecule has 0 atom stereocenters. The van der Waals surface area contributed by atoms with Crippen LogP contribution in [0.4, 0.5) is 0 Å². The van der Waals surface area contributed by atoms with Gasteiger partial charge in [-0.3, -0.25) is 4.79 Å². The maximum Gasteiger partial charge on any atom is 0.268 e. The summed E-state index contributed by atoms with van der Waals surface area (Å²) < 4.78 is 1.88. The number of aromatic amines is 1. The first-order chi connectivity index (χ1) is 7.68. The number of nitrogens with one attached hydrogen (secondary N) is 1. The minimum absolute atomic E-state index is 0.0525. The Morgan fingerprint density at radius 3 is 2.88 bits per heavy atom. The molecule has 0 amide bonds. The highest BCUT2D eigenvalue weighted by Crippen LogP contribution is 2.33. The van der Waals surface area contributed by atoms with Crippen LogP contribution in [0.25, 0.3) is 20.3 Å². The number of benzene rings is 1. The Labute approximate surface area is 95.8 Å². The monoisotopic (exact) mass is 230 g/mol. The van der Waals surface area contributed by atoms with Crippen molar-refractivity contribution in [1.82, 2.24) is 9.97 Å². The molecule has 0 aliphatic rings. The molecule has 3 rings (SSSR count). The predicted molar refractivity (Wildman–Crippen MR) is 67.2 cm³/mol. The van der Waals surface area contributed by atoms with Crippen LogP contribution in [-0.4, -0.2) is 9.97 Å². The number of hydrogen-bond acceptors (Lipinski definition) is 3. The fourth-order valence-electron chi connectivity index (χ4n) is 1.88. The zero-order valence-electron chi connectivity index (χ0n) is 9.00. The van der Waals surface area contributed by atoms with Crippen LogP contribution in [0.1, 0.15) is 11.1 Å². The number of aromatic nitrogens is 2. The molecule has 0 aliphatic carbocycles. The third-order valence-electron chi connectivity index (χ3n) is 2.95. The molecule has 0 spiro atoms. The molecule has 0 aliphatic heterocycles. The molecule has 4 heteroatoms. The quantitative estimate of drug-likeness (QED) is 0.645. The molecule has 80 valence electrons. The van der Waals surface area contributed by atoms with Gasteiger partial charge in [0.25, 0.3) is 5.56 Å². The van der Waals surface area contributed by atoms with Gasteiger partial charge in [0.05, 0.1) is 11.8 Å². The average molecular weight is 230 g/mol. The highest BCUT2D eigenvalue weighted by molar-refractivity contribution is 7.25. The summed E-state index contributed by atoms with van der Waals surface area (Å²) in [5.41, 5.74) is 3.24. The van der Waals surface area contributed by atoms with Gasteiger partial charge >= 0.3 is 0 Å². The van der Waals surface area contributed by atoms with E-state index in [4.69, 9.17) is 0 Å². The second kappa shape index (κ2) is 3.15. The van der Waals surface area contributed by atoms with Gasteiger partial charge in [0.2, 0.25) is 0 Å². The minimum Gasteiger partial charge on any atom is -0.312 e. The van der Waals surface area contributed by atoms with Crippen LogP contribution in [0.3, 0.4) is 0 Å². The predicted octanol–water partition coefficient (Wildman–Crippen LogP) is 2.75. The Balaban J connectivity index is 2.66. The van der Waals surface area contributed by atoms with Crippen LogP contribution in [0, 0.1) is 13.8 Å². The summed E-state index contributed by atoms with van der Waals surface area (Å²) in [6.07, 6.45) is 1.46. The lowest BCUT2D eigenvalue weighted by Crippen LogP contribution is -2.03. The van der Waals surface area contributed by atoms with Crippen LogP contribution >= 0.6 is 11.3 Å². The van der Waals surface area contributed by atoms with E-state index in [1.54, 1.807) is 0 Å². The second-order valence-electron chi connectivity index (χ2n) is 3.90. The smallest absolute Gasteiger partial charge is 0.268 e. The van der Waals surface area contributed by atoms with Crippen molar-refractivity contribution in [2.75, 3.05) is 0 Å². The molecule has 0 radical (unpaired) electrons. The number of fused-ring (bicyclic) bond motifs is 3. The van der Waals surface area contributed by atoms with E-state index in [1.165, 1.54) is 33.5 Å². The van der Waals surface area contributed by atoms with Crippen molar-refractivity contribution in [2.24, 2.45) is 0 Å². The normalized spacial score (nSPS) is 11.4. The molecule has 3 aromatic rings. The third-order valence-corrected chi connectivity index (χ3v) is 4.26. The fraction of sp³-hybridized carbons (Fsp3) is 0.167.